The van der Waals surface area contributed by atoms with Gasteiger partial charge in [-0.2, -0.15) is 13.2 Å². The summed E-state index contributed by atoms with van der Waals surface area (Å²) in [4.78, 5) is 11.6. The predicted molar refractivity (Wildman–Crippen MR) is 60.1 cm³/mol. The third-order valence-electron chi connectivity index (χ3n) is 2.29. The van der Waals surface area contributed by atoms with Gasteiger partial charge in [-0.3, -0.25) is 4.79 Å². The number of Topliss-reactive ketones (excluding diaryl/α,β-unsaturated/α-hetero) is 1. The molecule has 0 heterocycles. The van der Waals surface area contributed by atoms with E-state index in [0.717, 1.165) is 6.26 Å². The average Bonchev–Trinajstić information content (AvgIpc) is 2.23. The second-order valence-electron chi connectivity index (χ2n) is 3.99. The number of ketones is 1. The molecule has 1 aromatic rings. The molecule has 0 spiro atoms. The fourth-order valence-electron chi connectivity index (χ4n) is 1.41. The minimum Gasteiger partial charge on any atom is -0.294 e. The lowest BCUT2D eigenvalue weighted by Crippen LogP contribution is -2.16. The smallest absolute Gasteiger partial charge is 0.294 e. The standard InChI is InChI=1S/C11H10F4O3S/c1-19(17,18)5-4-10(16)8-6-7(12)2-3-9(8)11(13,14)15/h2-3,6H,4-5H2,1H3. The van der Waals surface area contributed by atoms with Crippen molar-refractivity contribution >= 4 is 15.6 Å². The van der Waals surface area contributed by atoms with Gasteiger partial charge in [-0.1, -0.05) is 0 Å². The summed E-state index contributed by atoms with van der Waals surface area (Å²) in [7, 11) is -3.48. The summed E-state index contributed by atoms with van der Waals surface area (Å²) in [5.41, 5.74) is -2.12. The summed E-state index contributed by atoms with van der Waals surface area (Å²) in [6, 6.07) is 1.52. The molecule has 0 aliphatic rings. The normalized spacial score (nSPS) is 12.5. The molecule has 106 valence electrons. The van der Waals surface area contributed by atoms with Crippen LogP contribution in [0, 0.1) is 5.82 Å². The van der Waals surface area contributed by atoms with Gasteiger partial charge in [-0.25, -0.2) is 12.8 Å². The van der Waals surface area contributed by atoms with Gasteiger partial charge in [0, 0.05) is 18.2 Å². The monoisotopic (exact) mass is 298 g/mol. The lowest BCUT2D eigenvalue weighted by molar-refractivity contribution is -0.137. The first-order chi connectivity index (χ1) is 8.50. The van der Waals surface area contributed by atoms with Gasteiger partial charge in [0.15, 0.2) is 5.78 Å². The van der Waals surface area contributed by atoms with E-state index in [2.05, 4.69) is 0 Å². The second-order valence-corrected chi connectivity index (χ2v) is 6.25. The van der Waals surface area contributed by atoms with Crippen LogP contribution in [-0.2, 0) is 16.0 Å². The SMILES string of the molecule is CS(=O)(=O)CCC(=O)c1cc(F)ccc1C(F)(F)F. The topological polar surface area (TPSA) is 51.2 Å². The van der Waals surface area contributed by atoms with Crippen LogP contribution in [0.2, 0.25) is 0 Å². The zero-order valence-corrected chi connectivity index (χ0v) is 10.6. The summed E-state index contributed by atoms with van der Waals surface area (Å²) in [5, 5.41) is 0. The molecular formula is C11H10F4O3S. The number of benzene rings is 1. The van der Waals surface area contributed by atoms with Crippen molar-refractivity contribution in [1.82, 2.24) is 0 Å². The molecule has 0 fully saturated rings. The van der Waals surface area contributed by atoms with E-state index in [1.54, 1.807) is 0 Å². The minimum absolute atomic E-state index is 0.461. The van der Waals surface area contributed by atoms with Crippen molar-refractivity contribution in [2.24, 2.45) is 0 Å². The Bertz CT molecular complexity index is 590. The quantitative estimate of drug-likeness (QED) is 0.634. The molecule has 0 unspecified atom stereocenters. The third kappa shape index (κ3) is 4.62. The molecule has 0 aliphatic heterocycles. The van der Waals surface area contributed by atoms with Crippen LogP contribution < -0.4 is 0 Å². The van der Waals surface area contributed by atoms with Gasteiger partial charge in [0.25, 0.3) is 0 Å². The molecule has 0 aliphatic carbocycles. The van der Waals surface area contributed by atoms with Crippen molar-refractivity contribution in [2.45, 2.75) is 12.6 Å². The Kier molecular flexibility index (Phi) is 4.34. The Morgan fingerprint density at radius 3 is 2.32 bits per heavy atom. The van der Waals surface area contributed by atoms with E-state index >= 15 is 0 Å². The van der Waals surface area contributed by atoms with Crippen LogP contribution in [-0.4, -0.2) is 26.2 Å². The van der Waals surface area contributed by atoms with Crippen molar-refractivity contribution < 1.29 is 30.8 Å². The van der Waals surface area contributed by atoms with Gasteiger partial charge in [-0.15, -0.1) is 0 Å². The highest BCUT2D eigenvalue weighted by Crippen LogP contribution is 2.32. The molecule has 8 heteroatoms. The summed E-state index contributed by atoms with van der Waals surface area (Å²) in [6.07, 6.45) is -4.56. The highest BCUT2D eigenvalue weighted by molar-refractivity contribution is 7.90. The number of alkyl halides is 3. The Labute approximate surface area is 107 Å². The van der Waals surface area contributed by atoms with E-state index in [1.807, 2.05) is 0 Å². The molecule has 1 rings (SSSR count). The fraction of sp³-hybridized carbons (Fsp3) is 0.364. The Balaban J connectivity index is 3.11. The number of hydrogen-bond donors (Lipinski definition) is 0. The maximum Gasteiger partial charge on any atom is 0.417 e. The number of hydrogen-bond acceptors (Lipinski definition) is 3. The molecule has 0 saturated heterocycles. The highest BCUT2D eigenvalue weighted by atomic mass is 32.2. The molecule has 0 amide bonds. The van der Waals surface area contributed by atoms with Crippen LogP contribution in [0.25, 0.3) is 0 Å². The van der Waals surface area contributed by atoms with E-state index in [1.165, 1.54) is 0 Å². The average molecular weight is 298 g/mol. The van der Waals surface area contributed by atoms with Crippen molar-refractivity contribution in [1.29, 1.82) is 0 Å². The molecule has 0 saturated carbocycles. The number of sulfone groups is 1. The molecule has 0 atom stereocenters. The maximum atomic E-state index is 12.9. The van der Waals surface area contributed by atoms with Crippen LogP contribution in [0.3, 0.4) is 0 Å². The lowest BCUT2D eigenvalue weighted by Gasteiger charge is -2.11. The first kappa shape index (κ1) is 15.6. The number of carbonyl (C=O) groups excluding carboxylic acids is 1. The van der Waals surface area contributed by atoms with Crippen molar-refractivity contribution in [3.8, 4) is 0 Å². The van der Waals surface area contributed by atoms with Gasteiger partial charge in [-0.05, 0) is 18.2 Å². The molecule has 19 heavy (non-hydrogen) atoms. The summed E-state index contributed by atoms with van der Waals surface area (Å²) in [5.74, 6) is -2.63. The van der Waals surface area contributed by atoms with E-state index in [0.29, 0.717) is 18.2 Å². The van der Waals surface area contributed by atoms with E-state index < -0.39 is 50.9 Å². The van der Waals surface area contributed by atoms with Gasteiger partial charge >= 0.3 is 6.18 Å². The number of rotatable bonds is 4. The summed E-state index contributed by atoms with van der Waals surface area (Å²) in [6.45, 7) is 0. The molecular weight excluding hydrogens is 288 g/mol. The second kappa shape index (κ2) is 5.28. The maximum absolute atomic E-state index is 12.9. The molecule has 3 nitrogen and oxygen atoms in total. The van der Waals surface area contributed by atoms with Crippen LogP contribution in [0.4, 0.5) is 17.6 Å². The van der Waals surface area contributed by atoms with Crippen LogP contribution in [0.1, 0.15) is 22.3 Å². The zero-order valence-electron chi connectivity index (χ0n) is 9.79. The third-order valence-corrected chi connectivity index (χ3v) is 3.23. The Hall–Kier alpha value is -1.44. The van der Waals surface area contributed by atoms with Crippen LogP contribution in [0.5, 0.6) is 0 Å². The molecule has 0 bridgehead atoms. The first-order valence-corrected chi connectivity index (χ1v) is 7.14. The minimum atomic E-state index is -4.80. The molecule has 0 radical (unpaired) electrons. The van der Waals surface area contributed by atoms with Gasteiger partial charge in [0.05, 0.1) is 11.3 Å². The molecule has 1 aromatic carbocycles. The predicted octanol–water partition coefficient (Wildman–Crippen LogP) is 2.46. The van der Waals surface area contributed by atoms with Crippen LogP contribution in [0.15, 0.2) is 18.2 Å². The van der Waals surface area contributed by atoms with Crippen molar-refractivity contribution in [3.05, 3.63) is 35.1 Å². The zero-order chi connectivity index (χ0) is 14.8. The van der Waals surface area contributed by atoms with Crippen molar-refractivity contribution in [3.63, 3.8) is 0 Å². The summed E-state index contributed by atoms with van der Waals surface area (Å²) >= 11 is 0. The summed E-state index contributed by atoms with van der Waals surface area (Å²) < 4.78 is 72.5. The Morgan fingerprint density at radius 1 is 1.26 bits per heavy atom. The Morgan fingerprint density at radius 2 is 1.84 bits per heavy atom. The van der Waals surface area contributed by atoms with Gasteiger partial charge in [0.1, 0.15) is 15.7 Å². The van der Waals surface area contributed by atoms with E-state index in [-0.39, 0.29) is 0 Å². The van der Waals surface area contributed by atoms with Gasteiger partial charge in [0.2, 0.25) is 0 Å². The number of carbonyl (C=O) groups is 1. The van der Waals surface area contributed by atoms with Crippen LogP contribution >= 0.6 is 0 Å². The van der Waals surface area contributed by atoms with Crippen molar-refractivity contribution in [2.75, 3.05) is 12.0 Å². The lowest BCUT2D eigenvalue weighted by atomic mass is 10.0. The molecule has 0 aromatic heterocycles. The molecule has 0 N–H and O–H groups in total. The first-order valence-electron chi connectivity index (χ1n) is 5.08. The van der Waals surface area contributed by atoms with E-state index in [9.17, 15) is 30.8 Å². The van der Waals surface area contributed by atoms with Gasteiger partial charge < -0.3 is 0 Å². The highest BCUT2D eigenvalue weighted by Gasteiger charge is 2.35. The van der Waals surface area contributed by atoms with E-state index in [4.69, 9.17) is 0 Å². The fourth-order valence-corrected chi connectivity index (χ4v) is 1.96. The largest absolute Gasteiger partial charge is 0.417 e. The number of halogens is 4.